The van der Waals surface area contributed by atoms with Gasteiger partial charge in [0, 0.05) is 5.75 Å². The second-order valence-electron chi connectivity index (χ2n) is 5.71. The summed E-state index contributed by atoms with van der Waals surface area (Å²) in [4.78, 5) is 0. The summed E-state index contributed by atoms with van der Waals surface area (Å²) in [5.74, 6) is 1.85. The molecule has 4 heteroatoms. The first kappa shape index (κ1) is 25.4. The van der Waals surface area contributed by atoms with Gasteiger partial charge in [-0.05, 0) is 12.3 Å². The van der Waals surface area contributed by atoms with E-state index in [0.717, 1.165) is 15.9 Å². The maximum absolute atomic E-state index is 8.73. The van der Waals surface area contributed by atoms with Crippen LogP contribution in [0.4, 0.5) is 0 Å². The van der Waals surface area contributed by atoms with Crippen molar-refractivity contribution in [2.24, 2.45) is 5.92 Å². The van der Waals surface area contributed by atoms with Crippen LogP contribution < -0.4 is 0 Å². The van der Waals surface area contributed by atoms with Crippen LogP contribution in [-0.2, 0) is 0 Å². The van der Waals surface area contributed by atoms with Gasteiger partial charge in [-0.15, -0.1) is 11.8 Å². The monoisotopic (exact) mass is 454 g/mol. The van der Waals surface area contributed by atoms with Gasteiger partial charge >= 0.3 is 69.5 Å². The third-order valence-electron chi connectivity index (χ3n) is 3.57. The van der Waals surface area contributed by atoms with E-state index in [0.29, 0.717) is 0 Å². The van der Waals surface area contributed by atoms with E-state index in [9.17, 15) is 0 Å². The molecule has 22 heavy (non-hydrogen) atoms. The molecule has 0 heterocycles. The number of aliphatic hydroxyl groups is 1. The van der Waals surface area contributed by atoms with E-state index in [1.165, 1.54) is 51.4 Å². The van der Waals surface area contributed by atoms with Crippen LogP contribution in [-0.4, -0.2) is 42.8 Å². The zero-order chi connectivity index (χ0) is 17.1. The van der Waals surface area contributed by atoms with Gasteiger partial charge in [0.05, 0.1) is 10.8 Å². The van der Waals surface area contributed by atoms with Gasteiger partial charge in [-0.25, -0.2) is 0 Å². The van der Waals surface area contributed by atoms with E-state index < -0.39 is 0 Å². The van der Waals surface area contributed by atoms with Crippen molar-refractivity contribution in [1.29, 1.82) is 0 Å². The van der Waals surface area contributed by atoms with Crippen molar-refractivity contribution in [3.05, 3.63) is 0 Å². The van der Waals surface area contributed by atoms with Gasteiger partial charge in [-0.1, -0.05) is 45.3 Å². The Labute approximate surface area is 160 Å². The van der Waals surface area contributed by atoms with Gasteiger partial charge in [0.25, 0.3) is 0 Å². The van der Waals surface area contributed by atoms with Crippen molar-refractivity contribution in [3.63, 3.8) is 0 Å². The van der Waals surface area contributed by atoms with Gasteiger partial charge < -0.3 is 5.11 Å². The molecule has 0 amide bonds. The molecule has 0 aromatic rings. The Morgan fingerprint density at radius 3 is 1.95 bits per heavy atom. The van der Waals surface area contributed by atoms with E-state index >= 15 is 0 Å². The molecule has 132 valence electrons. The van der Waals surface area contributed by atoms with Gasteiger partial charge in [-0.2, -0.15) is 0 Å². The summed E-state index contributed by atoms with van der Waals surface area (Å²) in [5.41, 5.74) is 0. The molecule has 0 fully saturated rings. The number of hydrogen-bond donors (Lipinski definition) is 1. The molecule has 0 saturated carbocycles. The molecule has 0 aliphatic carbocycles. The molecular formula is C18H38OS2Sn. The van der Waals surface area contributed by atoms with Crippen LogP contribution in [0.5, 0.6) is 0 Å². The Morgan fingerprint density at radius 1 is 1.00 bits per heavy atom. The fraction of sp³-hybridized carbons (Fsp3) is 0.944. The van der Waals surface area contributed by atoms with E-state index in [1.807, 2.05) is 0 Å². The summed E-state index contributed by atoms with van der Waals surface area (Å²) < 4.78 is 3.98. The maximum atomic E-state index is 8.73. The quantitative estimate of drug-likeness (QED) is 0.199. The molecule has 0 aliphatic heterocycles. The SMILES string of the molecule is CCCCC(CC)CSC(=S)CO.CCC[CH2][Sn][CH2]CCC. The number of aliphatic hydroxyl groups excluding tert-OH is 1. The van der Waals surface area contributed by atoms with Crippen molar-refractivity contribution in [1.82, 2.24) is 0 Å². The molecule has 1 atom stereocenters. The Hall–Kier alpha value is 1.20. The fourth-order valence-corrected chi connectivity index (χ4v) is 7.16. The molecule has 0 aromatic heterocycles. The second-order valence-corrected chi connectivity index (χ2v) is 11.9. The molecule has 0 aliphatic rings. The van der Waals surface area contributed by atoms with Crippen molar-refractivity contribution < 1.29 is 5.11 Å². The molecular weight excluding hydrogens is 415 g/mol. The minimum atomic E-state index is 0.0458. The molecule has 1 nitrogen and oxygen atoms in total. The zero-order valence-electron chi connectivity index (χ0n) is 15.3. The number of rotatable bonds is 13. The average Bonchev–Trinajstić information content (AvgIpc) is 2.55. The van der Waals surface area contributed by atoms with Gasteiger partial charge in [-0.3, -0.25) is 0 Å². The molecule has 2 radical (unpaired) electrons. The first-order valence-corrected chi connectivity index (χ1v) is 14.6. The van der Waals surface area contributed by atoms with Crippen molar-refractivity contribution in [2.75, 3.05) is 12.4 Å². The minimum absolute atomic E-state index is 0.0458. The molecule has 0 rings (SSSR count). The van der Waals surface area contributed by atoms with Crippen LogP contribution in [0.15, 0.2) is 0 Å². The summed E-state index contributed by atoms with van der Waals surface area (Å²) in [6.45, 7) is 9.07. The van der Waals surface area contributed by atoms with E-state index in [2.05, 4.69) is 27.7 Å². The number of thiocarbonyl (C=S) groups is 1. The summed E-state index contributed by atoms with van der Waals surface area (Å²) in [6.07, 6.45) is 10.9. The van der Waals surface area contributed by atoms with Crippen molar-refractivity contribution in [2.45, 2.75) is 87.9 Å². The third kappa shape index (κ3) is 21.2. The number of unbranched alkanes of at least 4 members (excludes halogenated alkanes) is 3. The normalized spacial score (nSPS) is 11.7. The second kappa shape index (κ2) is 22.2. The van der Waals surface area contributed by atoms with Crippen LogP contribution in [0.1, 0.15) is 79.1 Å². The molecule has 0 saturated heterocycles. The summed E-state index contributed by atoms with van der Waals surface area (Å²) in [6, 6.07) is 0. The first-order valence-electron chi connectivity index (χ1n) is 9.13. The summed E-state index contributed by atoms with van der Waals surface area (Å²) >= 11 is 6.74. The van der Waals surface area contributed by atoms with E-state index in [1.54, 1.807) is 20.6 Å². The Bertz CT molecular complexity index is 219. The Balaban J connectivity index is 0. The van der Waals surface area contributed by atoms with Crippen LogP contribution in [0, 0.1) is 5.92 Å². The molecule has 0 bridgehead atoms. The van der Waals surface area contributed by atoms with Gasteiger partial charge in [0.15, 0.2) is 0 Å². The van der Waals surface area contributed by atoms with Crippen molar-refractivity contribution in [3.8, 4) is 0 Å². The number of hydrogen-bond acceptors (Lipinski definition) is 3. The first-order chi connectivity index (χ1) is 10.7. The van der Waals surface area contributed by atoms with Crippen LogP contribution in [0.2, 0.25) is 8.87 Å². The zero-order valence-corrected chi connectivity index (χ0v) is 19.8. The van der Waals surface area contributed by atoms with E-state index in [4.69, 9.17) is 17.3 Å². The topological polar surface area (TPSA) is 20.2 Å². The molecule has 0 spiro atoms. The molecule has 1 N–H and O–H groups in total. The van der Waals surface area contributed by atoms with Crippen molar-refractivity contribution >= 4 is 49.3 Å². The standard InChI is InChI=1S/C10H20OS2.2C4H9.Sn/c1-3-5-6-9(4-2)8-13-10(12)7-11;2*1-3-4-2;/h9,11H,3-8H2,1-2H3;2*1,3-4H2,2H3;. The average molecular weight is 453 g/mol. The number of thioether (sulfide) groups is 1. The van der Waals surface area contributed by atoms with Crippen LogP contribution >= 0.6 is 24.0 Å². The Kier molecular flexibility index (Phi) is 25.7. The van der Waals surface area contributed by atoms with E-state index in [-0.39, 0.29) is 27.7 Å². The molecule has 1 unspecified atom stereocenters. The van der Waals surface area contributed by atoms with Gasteiger partial charge in [0.1, 0.15) is 0 Å². The predicted octanol–water partition coefficient (Wildman–Crippen LogP) is 6.38. The van der Waals surface area contributed by atoms with Crippen LogP contribution in [0.25, 0.3) is 0 Å². The summed E-state index contributed by atoms with van der Waals surface area (Å²) in [5, 5.41) is 8.73. The predicted molar refractivity (Wildman–Crippen MR) is 111 cm³/mol. The third-order valence-corrected chi connectivity index (χ3v) is 9.17. The van der Waals surface area contributed by atoms with Gasteiger partial charge in [0.2, 0.25) is 0 Å². The van der Waals surface area contributed by atoms with Crippen LogP contribution in [0.3, 0.4) is 0 Å². The Morgan fingerprint density at radius 2 is 1.55 bits per heavy atom. The molecule has 0 aromatic carbocycles. The fourth-order valence-electron chi connectivity index (χ4n) is 1.88. The summed E-state index contributed by atoms with van der Waals surface area (Å²) in [7, 11) is 0.